The number of likely N-dealkylation sites (N-methyl/N-ethyl adjacent to an activating group) is 1. The van der Waals surface area contributed by atoms with Gasteiger partial charge in [-0.05, 0) is 55.3 Å². The van der Waals surface area contributed by atoms with Crippen LogP contribution >= 0.6 is 11.6 Å². The third-order valence-electron chi connectivity index (χ3n) is 3.60. The standard InChI is InChI=1S/C17H19ClFNO/c1-11-8-14(15(18)10-16(11)19)17(20-2)9-12-4-6-13(21-3)7-5-12/h4-8,10,17,20H,9H2,1-3H3. The molecular formula is C17H19ClFNO. The van der Waals surface area contributed by atoms with Gasteiger partial charge in [0.25, 0.3) is 0 Å². The van der Waals surface area contributed by atoms with Gasteiger partial charge in [0.2, 0.25) is 0 Å². The number of halogens is 2. The van der Waals surface area contributed by atoms with E-state index in [-0.39, 0.29) is 11.9 Å². The molecule has 0 fully saturated rings. The minimum absolute atomic E-state index is 0.0326. The zero-order valence-electron chi connectivity index (χ0n) is 12.4. The van der Waals surface area contributed by atoms with Gasteiger partial charge in [-0.2, -0.15) is 0 Å². The van der Waals surface area contributed by atoms with E-state index >= 15 is 0 Å². The van der Waals surface area contributed by atoms with Crippen molar-refractivity contribution in [3.05, 3.63) is 63.9 Å². The summed E-state index contributed by atoms with van der Waals surface area (Å²) in [7, 11) is 3.52. The highest BCUT2D eigenvalue weighted by Gasteiger charge is 2.15. The predicted octanol–water partition coefficient (Wildman–Crippen LogP) is 4.30. The first-order valence-corrected chi connectivity index (χ1v) is 7.18. The van der Waals surface area contributed by atoms with Crippen LogP contribution in [0.15, 0.2) is 36.4 Å². The van der Waals surface area contributed by atoms with Crippen LogP contribution in [0.1, 0.15) is 22.7 Å². The summed E-state index contributed by atoms with van der Waals surface area (Å²) in [5.74, 6) is 0.554. The van der Waals surface area contributed by atoms with Gasteiger partial charge in [0, 0.05) is 11.1 Å². The van der Waals surface area contributed by atoms with Gasteiger partial charge >= 0.3 is 0 Å². The first kappa shape index (κ1) is 15.8. The van der Waals surface area contributed by atoms with E-state index in [1.165, 1.54) is 6.07 Å². The van der Waals surface area contributed by atoms with Gasteiger partial charge in [-0.15, -0.1) is 0 Å². The quantitative estimate of drug-likeness (QED) is 0.889. The summed E-state index contributed by atoms with van der Waals surface area (Å²) in [5.41, 5.74) is 2.67. The van der Waals surface area contributed by atoms with Crippen LogP contribution in [0.5, 0.6) is 5.75 Å². The van der Waals surface area contributed by atoms with Gasteiger partial charge in [0.15, 0.2) is 0 Å². The van der Waals surface area contributed by atoms with E-state index in [1.54, 1.807) is 14.0 Å². The molecule has 0 bridgehead atoms. The molecule has 0 aliphatic carbocycles. The summed E-state index contributed by atoms with van der Waals surface area (Å²) in [5, 5.41) is 3.69. The lowest BCUT2D eigenvalue weighted by atomic mass is 9.97. The van der Waals surface area contributed by atoms with Crippen LogP contribution in [0.25, 0.3) is 0 Å². The summed E-state index contributed by atoms with van der Waals surface area (Å²) >= 11 is 6.19. The Morgan fingerprint density at radius 2 is 1.90 bits per heavy atom. The van der Waals surface area contributed by atoms with Crippen LogP contribution in [-0.2, 0) is 6.42 Å². The van der Waals surface area contributed by atoms with Gasteiger partial charge < -0.3 is 10.1 Å². The molecule has 2 aromatic rings. The molecule has 0 aliphatic heterocycles. The Morgan fingerprint density at radius 3 is 2.48 bits per heavy atom. The van der Waals surface area contributed by atoms with Crippen LogP contribution in [0.4, 0.5) is 4.39 Å². The molecular weight excluding hydrogens is 289 g/mol. The Labute approximate surface area is 129 Å². The molecule has 0 aromatic heterocycles. The molecule has 1 atom stereocenters. The maximum atomic E-state index is 13.5. The second kappa shape index (κ2) is 6.92. The van der Waals surface area contributed by atoms with Gasteiger partial charge in [0.05, 0.1) is 7.11 Å². The number of hydrogen-bond donors (Lipinski definition) is 1. The molecule has 0 spiro atoms. The van der Waals surface area contributed by atoms with Crippen molar-refractivity contribution >= 4 is 11.6 Å². The van der Waals surface area contributed by atoms with Crippen molar-refractivity contribution in [3.63, 3.8) is 0 Å². The number of nitrogens with one attached hydrogen (secondary N) is 1. The van der Waals surface area contributed by atoms with Crippen LogP contribution < -0.4 is 10.1 Å². The van der Waals surface area contributed by atoms with Crippen LogP contribution in [0, 0.1) is 12.7 Å². The highest BCUT2D eigenvalue weighted by molar-refractivity contribution is 6.31. The van der Waals surface area contributed by atoms with E-state index in [9.17, 15) is 4.39 Å². The fraction of sp³-hybridized carbons (Fsp3) is 0.294. The summed E-state index contributed by atoms with van der Waals surface area (Å²) < 4.78 is 18.7. The summed E-state index contributed by atoms with van der Waals surface area (Å²) in [6.07, 6.45) is 0.769. The highest BCUT2D eigenvalue weighted by atomic mass is 35.5. The Hall–Kier alpha value is -1.58. The highest BCUT2D eigenvalue weighted by Crippen LogP contribution is 2.28. The smallest absolute Gasteiger partial charge is 0.127 e. The molecule has 1 N–H and O–H groups in total. The zero-order valence-corrected chi connectivity index (χ0v) is 13.2. The van der Waals surface area contributed by atoms with Gasteiger partial charge in [0.1, 0.15) is 11.6 Å². The second-order valence-corrected chi connectivity index (χ2v) is 5.42. The van der Waals surface area contributed by atoms with E-state index in [0.29, 0.717) is 10.6 Å². The molecule has 2 rings (SSSR count). The van der Waals surface area contributed by atoms with Crippen molar-refractivity contribution < 1.29 is 9.13 Å². The Balaban J connectivity index is 2.25. The summed E-state index contributed by atoms with van der Waals surface area (Å²) in [6.45, 7) is 1.75. The van der Waals surface area contributed by atoms with Crippen LogP contribution in [0.2, 0.25) is 5.02 Å². The van der Waals surface area contributed by atoms with E-state index in [0.717, 1.165) is 23.3 Å². The van der Waals surface area contributed by atoms with Gasteiger partial charge in [-0.3, -0.25) is 0 Å². The second-order valence-electron chi connectivity index (χ2n) is 5.02. The minimum atomic E-state index is -0.275. The molecule has 4 heteroatoms. The van der Waals surface area contributed by atoms with E-state index < -0.39 is 0 Å². The van der Waals surface area contributed by atoms with E-state index in [4.69, 9.17) is 16.3 Å². The number of hydrogen-bond acceptors (Lipinski definition) is 2. The molecule has 2 nitrogen and oxygen atoms in total. The number of benzene rings is 2. The van der Waals surface area contributed by atoms with Crippen molar-refractivity contribution in [2.24, 2.45) is 0 Å². The molecule has 0 radical (unpaired) electrons. The third-order valence-corrected chi connectivity index (χ3v) is 3.93. The lowest BCUT2D eigenvalue weighted by molar-refractivity contribution is 0.414. The summed E-state index contributed by atoms with van der Waals surface area (Å²) in [6, 6.07) is 11.1. The molecule has 0 aliphatic rings. The van der Waals surface area contributed by atoms with E-state index in [2.05, 4.69) is 5.32 Å². The predicted molar refractivity (Wildman–Crippen MR) is 84.6 cm³/mol. The zero-order chi connectivity index (χ0) is 15.4. The number of ether oxygens (including phenoxy) is 1. The molecule has 0 heterocycles. The average molecular weight is 308 g/mol. The van der Waals surface area contributed by atoms with Crippen LogP contribution in [0.3, 0.4) is 0 Å². The SMILES string of the molecule is CNC(Cc1ccc(OC)cc1)c1cc(C)c(F)cc1Cl. The first-order valence-electron chi connectivity index (χ1n) is 6.81. The largest absolute Gasteiger partial charge is 0.497 e. The fourth-order valence-corrected chi connectivity index (χ4v) is 2.59. The average Bonchev–Trinajstić information content (AvgIpc) is 2.49. The van der Waals surface area contributed by atoms with Crippen molar-refractivity contribution in [1.82, 2.24) is 5.32 Å². The van der Waals surface area contributed by atoms with Crippen molar-refractivity contribution in [2.75, 3.05) is 14.2 Å². The molecule has 21 heavy (non-hydrogen) atoms. The number of rotatable bonds is 5. The Kier molecular flexibility index (Phi) is 5.21. The first-order chi connectivity index (χ1) is 10.0. The normalized spacial score (nSPS) is 12.2. The lowest BCUT2D eigenvalue weighted by Gasteiger charge is -2.19. The lowest BCUT2D eigenvalue weighted by Crippen LogP contribution is -2.19. The van der Waals surface area contributed by atoms with Crippen molar-refractivity contribution in [2.45, 2.75) is 19.4 Å². The van der Waals surface area contributed by atoms with Gasteiger partial charge in [-0.1, -0.05) is 29.8 Å². The number of aryl methyl sites for hydroxylation is 1. The van der Waals surface area contributed by atoms with Gasteiger partial charge in [-0.25, -0.2) is 4.39 Å². The van der Waals surface area contributed by atoms with E-state index in [1.807, 2.05) is 37.4 Å². The maximum Gasteiger partial charge on any atom is 0.127 e. The topological polar surface area (TPSA) is 21.3 Å². The Bertz CT molecular complexity index is 613. The summed E-state index contributed by atoms with van der Waals surface area (Å²) in [4.78, 5) is 0. The fourth-order valence-electron chi connectivity index (χ4n) is 2.31. The molecule has 1 unspecified atom stereocenters. The number of methoxy groups -OCH3 is 1. The molecule has 2 aromatic carbocycles. The third kappa shape index (κ3) is 3.74. The molecule has 0 saturated carbocycles. The minimum Gasteiger partial charge on any atom is -0.497 e. The Morgan fingerprint density at radius 1 is 1.24 bits per heavy atom. The maximum absolute atomic E-state index is 13.5. The monoisotopic (exact) mass is 307 g/mol. The molecule has 0 saturated heterocycles. The molecule has 112 valence electrons. The molecule has 0 amide bonds. The van der Waals surface area contributed by atoms with Crippen molar-refractivity contribution in [1.29, 1.82) is 0 Å². The van der Waals surface area contributed by atoms with Crippen LogP contribution in [-0.4, -0.2) is 14.2 Å². The van der Waals surface area contributed by atoms with Crippen molar-refractivity contribution in [3.8, 4) is 5.75 Å².